The summed E-state index contributed by atoms with van der Waals surface area (Å²) < 4.78 is 7.75. The molecule has 1 aromatic carbocycles. The fourth-order valence-corrected chi connectivity index (χ4v) is 3.17. The number of fused-ring (bicyclic) bond motifs is 1. The molecule has 20 heavy (non-hydrogen) atoms. The number of nitrogens with zero attached hydrogens (tertiary/aromatic N) is 2. The smallest absolute Gasteiger partial charge is 0.201 e. The first-order valence-electron chi connectivity index (χ1n) is 7.16. The van der Waals surface area contributed by atoms with Crippen molar-refractivity contribution in [2.24, 2.45) is 0 Å². The summed E-state index contributed by atoms with van der Waals surface area (Å²) in [5.41, 5.74) is 8.03. The van der Waals surface area contributed by atoms with Crippen molar-refractivity contribution in [1.82, 2.24) is 9.55 Å². The lowest BCUT2D eigenvalue weighted by Gasteiger charge is -2.15. The van der Waals surface area contributed by atoms with Gasteiger partial charge in [-0.2, -0.15) is 11.8 Å². The number of rotatable bonds is 7. The Kier molecular flexibility index (Phi) is 5.17. The predicted octanol–water partition coefficient (Wildman–Crippen LogP) is 3.72. The van der Waals surface area contributed by atoms with E-state index >= 15 is 0 Å². The Morgan fingerprint density at radius 2 is 2.20 bits per heavy atom. The Bertz CT molecular complexity index is 567. The highest BCUT2D eigenvalue weighted by Gasteiger charge is 2.16. The van der Waals surface area contributed by atoms with Crippen molar-refractivity contribution in [1.29, 1.82) is 0 Å². The third-order valence-corrected chi connectivity index (χ3v) is 4.27. The molecular formula is C15H23N3OS. The monoisotopic (exact) mass is 293 g/mol. The summed E-state index contributed by atoms with van der Waals surface area (Å²) >= 11 is 1.96. The number of ether oxygens (including phenoxy) is 1. The van der Waals surface area contributed by atoms with E-state index in [0.717, 1.165) is 34.7 Å². The van der Waals surface area contributed by atoms with Crippen LogP contribution in [0.1, 0.15) is 33.2 Å². The lowest BCUT2D eigenvalue weighted by Crippen LogP contribution is -2.09. The van der Waals surface area contributed by atoms with Crippen LogP contribution < -0.4 is 10.5 Å². The van der Waals surface area contributed by atoms with Crippen LogP contribution in [0.5, 0.6) is 5.75 Å². The molecule has 1 atom stereocenters. The number of hydrogen-bond donors (Lipinski definition) is 1. The summed E-state index contributed by atoms with van der Waals surface area (Å²) in [5, 5.41) is 0. The van der Waals surface area contributed by atoms with Gasteiger partial charge in [-0.05, 0) is 43.9 Å². The third-order valence-electron chi connectivity index (χ3n) is 3.34. The Balaban J connectivity index is 2.33. The highest BCUT2D eigenvalue weighted by atomic mass is 32.2. The minimum Gasteiger partial charge on any atom is -0.492 e. The van der Waals surface area contributed by atoms with Gasteiger partial charge in [0.05, 0.1) is 12.1 Å². The van der Waals surface area contributed by atoms with Gasteiger partial charge in [-0.3, -0.25) is 0 Å². The van der Waals surface area contributed by atoms with Gasteiger partial charge >= 0.3 is 0 Å². The average molecular weight is 293 g/mol. The van der Waals surface area contributed by atoms with E-state index in [0.29, 0.717) is 18.6 Å². The van der Waals surface area contributed by atoms with Crippen LogP contribution in [-0.2, 0) is 0 Å². The molecule has 2 aromatic rings. The van der Waals surface area contributed by atoms with E-state index < -0.39 is 0 Å². The van der Waals surface area contributed by atoms with Crippen LogP contribution in [0.2, 0.25) is 0 Å². The van der Waals surface area contributed by atoms with E-state index in [-0.39, 0.29) is 0 Å². The Hall–Kier alpha value is -1.36. The van der Waals surface area contributed by atoms with Gasteiger partial charge in [0, 0.05) is 6.04 Å². The third kappa shape index (κ3) is 3.03. The molecule has 4 nitrogen and oxygen atoms in total. The molecule has 1 unspecified atom stereocenters. The molecule has 0 saturated heterocycles. The quantitative estimate of drug-likeness (QED) is 0.790. The molecule has 0 spiro atoms. The van der Waals surface area contributed by atoms with Crippen molar-refractivity contribution in [2.45, 2.75) is 33.2 Å². The lowest BCUT2D eigenvalue weighted by atomic mass is 10.2. The maximum absolute atomic E-state index is 6.11. The highest BCUT2D eigenvalue weighted by Crippen LogP contribution is 2.30. The fraction of sp³-hybridized carbons (Fsp3) is 0.533. The van der Waals surface area contributed by atoms with E-state index in [1.807, 2.05) is 30.8 Å². The second-order valence-corrected chi connectivity index (χ2v) is 6.13. The molecule has 5 heteroatoms. The standard InChI is InChI=1S/C15H23N3OS/c1-4-19-13-8-6-7-12-14(13)17-15(16)18(12)11(3)9-10-20-5-2/h6-8,11H,4-5,9-10H2,1-3H3,(H2,16,17). The molecule has 2 rings (SSSR count). The second kappa shape index (κ2) is 6.88. The zero-order chi connectivity index (χ0) is 14.5. The first-order valence-corrected chi connectivity index (χ1v) is 8.31. The van der Waals surface area contributed by atoms with Crippen molar-refractivity contribution in [3.63, 3.8) is 0 Å². The molecule has 0 amide bonds. The average Bonchev–Trinajstić information content (AvgIpc) is 2.76. The number of para-hydroxylation sites is 1. The Morgan fingerprint density at radius 3 is 2.90 bits per heavy atom. The Morgan fingerprint density at radius 1 is 1.40 bits per heavy atom. The minimum absolute atomic E-state index is 0.343. The van der Waals surface area contributed by atoms with Crippen LogP contribution in [0.3, 0.4) is 0 Å². The van der Waals surface area contributed by atoms with Crippen LogP contribution in [0.4, 0.5) is 5.95 Å². The van der Waals surface area contributed by atoms with Crippen molar-refractivity contribution >= 4 is 28.7 Å². The van der Waals surface area contributed by atoms with E-state index in [1.165, 1.54) is 0 Å². The second-order valence-electron chi connectivity index (χ2n) is 4.73. The summed E-state index contributed by atoms with van der Waals surface area (Å²) in [5.74, 6) is 3.68. The summed E-state index contributed by atoms with van der Waals surface area (Å²) in [7, 11) is 0. The van der Waals surface area contributed by atoms with Crippen molar-refractivity contribution < 1.29 is 4.74 Å². The van der Waals surface area contributed by atoms with Crippen molar-refractivity contribution in [2.75, 3.05) is 23.8 Å². The zero-order valence-electron chi connectivity index (χ0n) is 12.4. The maximum Gasteiger partial charge on any atom is 0.201 e. The number of benzene rings is 1. The summed E-state index contributed by atoms with van der Waals surface area (Å²) in [4.78, 5) is 4.49. The molecule has 0 radical (unpaired) electrons. The van der Waals surface area contributed by atoms with Gasteiger partial charge in [-0.15, -0.1) is 0 Å². The van der Waals surface area contributed by atoms with Gasteiger partial charge in [-0.1, -0.05) is 13.0 Å². The molecule has 110 valence electrons. The summed E-state index contributed by atoms with van der Waals surface area (Å²) in [6, 6.07) is 6.35. The van der Waals surface area contributed by atoms with Gasteiger partial charge in [0.15, 0.2) is 0 Å². The van der Waals surface area contributed by atoms with Crippen LogP contribution >= 0.6 is 11.8 Å². The largest absolute Gasteiger partial charge is 0.492 e. The number of thioether (sulfide) groups is 1. The first-order chi connectivity index (χ1) is 9.69. The number of hydrogen-bond acceptors (Lipinski definition) is 4. The molecule has 0 aliphatic rings. The van der Waals surface area contributed by atoms with E-state index in [9.17, 15) is 0 Å². The molecule has 0 fully saturated rings. The fourth-order valence-electron chi connectivity index (χ4n) is 2.37. The minimum atomic E-state index is 0.343. The lowest BCUT2D eigenvalue weighted by molar-refractivity contribution is 0.343. The van der Waals surface area contributed by atoms with Crippen LogP contribution in [0, 0.1) is 0 Å². The normalized spacial score (nSPS) is 12.8. The van der Waals surface area contributed by atoms with Gasteiger partial charge < -0.3 is 15.0 Å². The van der Waals surface area contributed by atoms with Gasteiger partial charge in [0.2, 0.25) is 5.95 Å². The summed E-state index contributed by atoms with van der Waals surface area (Å²) in [6.45, 7) is 6.99. The van der Waals surface area contributed by atoms with E-state index in [4.69, 9.17) is 10.5 Å². The zero-order valence-corrected chi connectivity index (χ0v) is 13.2. The van der Waals surface area contributed by atoms with Crippen LogP contribution in [-0.4, -0.2) is 27.7 Å². The van der Waals surface area contributed by atoms with Gasteiger partial charge in [0.1, 0.15) is 11.3 Å². The molecule has 1 aromatic heterocycles. The van der Waals surface area contributed by atoms with E-state index in [1.54, 1.807) is 0 Å². The molecule has 0 aliphatic heterocycles. The van der Waals surface area contributed by atoms with Crippen LogP contribution in [0.15, 0.2) is 18.2 Å². The van der Waals surface area contributed by atoms with Gasteiger partial charge in [0.25, 0.3) is 0 Å². The topological polar surface area (TPSA) is 53.1 Å². The van der Waals surface area contributed by atoms with Crippen molar-refractivity contribution in [3.8, 4) is 5.75 Å². The molecule has 2 N–H and O–H groups in total. The maximum atomic E-state index is 6.11. The van der Waals surface area contributed by atoms with Gasteiger partial charge in [-0.25, -0.2) is 4.98 Å². The predicted molar refractivity (Wildman–Crippen MR) is 87.6 cm³/mol. The summed E-state index contributed by atoms with van der Waals surface area (Å²) in [6.07, 6.45) is 1.09. The molecule has 0 aliphatic carbocycles. The molecular weight excluding hydrogens is 270 g/mol. The number of nitrogen functional groups attached to an aromatic ring is 1. The Labute approximate surface area is 124 Å². The van der Waals surface area contributed by atoms with Crippen LogP contribution in [0.25, 0.3) is 11.0 Å². The first kappa shape index (κ1) is 15.0. The van der Waals surface area contributed by atoms with E-state index in [2.05, 4.69) is 29.5 Å². The number of imidazole rings is 1. The molecule has 0 bridgehead atoms. The highest BCUT2D eigenvalue weighted by molar-refractivity contribution is 7.99. The SMILES string of the molecule is CCOc1cccc2c1nc(N)n2C(C)CCSCC. The number of anilines is 1. The number of nitrogens with two attached hydrogens (primary N) is 1. The number of aromatic nitrogens is 2. The van der Waals surface area contributed by atoms with Crippen molar-refractivity contribution in [3.05, 3.63) is 18.2 Å². The molecule has 1 heterocycles. The molecule has 0 saturated carbocycles.